The number of aliphatic hydroxyl groups excluding tert-OH is 3. The van der Waals surface area contributed by atoms with E-state index in [1.54, 1.807) is 12.1 Å². The van der Waals surface area contributed by atoms with E-state index in [1.165, 1.54) is 12.1 Å². The van der Waals surface area contributed by atoms with E-state index in [0.717, 1.165) is 5.56 Å². The molecule has 0 unspecified atom stereocenters. The zero-order valence-corrected chi connectivity index (χ0v) is 12.7. The molecule has 1 rings (SSSR count). The number of nitrogens with two attached hydrogens (primary N) is 2. The first-order valence-corrected chi connectivity index (χ1v) is 6.91. The highest BCUT2D eigenvalue weighted by molar-refractivity contribution is 5.73. The van der Waals surface area contributed by atoms with Crippen LogP contribution in [0.15, 0.2) is 24.3 Å². The Morgan fingerprint density at radius 1 is 1.13 bits per heavy atom. The quantitative estimate of drug-likeness (QED) is 0.302. The summed E-state index contributed by atoms with van der Waals surface area (Å²) < 4.78 is 0. The second kappa shape index (κ2) is 10.6. The number of carbonyl (C=O) groups is 1. The Hall–Kier alpha value is -2.07. The van der Waals surface area contributed by atoms with Crippen LogP contribution in [0.2, 0.25) is 0 Å². The van der Waals surface area contributed by atoms with Crippen LogP contribution in [0.3, 0.4) is 0 Å². The summed E-state index contributed by atoms with van der Waals surface area (Å²) in [5, 5.41) is 35.4. The number of nitro benzene ring substituents is 1. The molecule has 0 aliphatic carbocycles. The van der Waals surface area contributed by atoms with Crippen LogP contribution in [0.4, 0.5) is 5.69 Å². The number of benzene rings is 1. The number of primary amides is 1. The molecule has 9 nitrogen and oxygen atoms in total. The Balaban J connectivity index is 0.000000515. The molecule has 130 valence electrons. The predicted molar refractivity (Wildman–Crippen MR) is 83.4 cm³/mol. The zero-order valence-electron chi connectivity index (χ0n) is 12.7. The number of non-ortho nitro benzene ring substituents is 1. The third-order valence-electron chi connectivity index (χ3n) is 2.98. The number of carbonyl (C=O) groups excluding carboxylic acids is 1. The highest BCUT2D eigenvalue weighted by Crippen LogP contribution is 2.13. The zero-order chi connectivity index (χ0) is 17.9. The summed E-state index contributed by atoms with van der Waals surface area (Å²) in [4.78, 5) is 20.4. The first-order valence-electron chi connectivity index (χ1n) is 6.91. The summed E-state index contributed by atoms with van der Waals surface area (Å²) >= 11 is 0. The monoisotopic (exact) mass is 329 g/mol. The lowest BCUT2D eigenvalue weighted by molar-refractivity contribution is -0.384. The molecule has 0 fully saturated rings. The van der Waals surface area contributed by atoms with E-state index in [9.17, 15) is 14.9 Å². The van der Waals surface area contributed by atoms with Gasteiger partial charge in [-0.1, -0.05) is 12.1 Å². The van der Waals surface area contributed by atoms with E-state index in [4.69, 9.17) is 26.8 Å². The Labute approximate surface area is 133 Å². The molecule has 23 heavy (non-hydrogen) atoms. The van der Waals surface area contributed by atoms with E-state index in [-0.39, 0.29) is 11.6 Å². The number of hydrogen-bond acceptors (Lipinski definition) is 7. The molecule has 0 atom stereocenters. The topological polar surface area (TPSA) is 173 Å². The molecule has 0 heterocycles. The number of aliphatic hydroxyl groups is 3. The van der Waals surface area contributed by atoms with Crippen LogP contribution in [0.25, 0.3) is 0 Å². The Kier molecular flexibility index (Phi) is 9.67. The fourth-order valence-electron chi connectivity index (χ4n) is 1.40. The van der Waals surface area contributed by atoms with Crippen molar-refractivity contribution in [2.45, 2.75) is 24.8 Å². The van der Waals surface area contributed by atoms with Gasteiger partial charge in [-0.15, -0.1) is 0 Å². The van der Waals surface area contributed by atoms with Gasteiger partial charge in [0.2, 0.25) is 5.91 Å². The molecule has 0 aliphatic heterocycles. The first-order chi connectivity index (χ1) is 10.8. The molecule has 9 heteroatoms. The molecule has 1 aromatic rings. The number of aryl methyl sites for hydroxylation is 1. The van der Waals surface area contributed by atoms with Crippen molar-refractivity contribution in [3.05, 3.63) is 39.9 Å². The smallest absolute Gasteiger partial charge is 0.269 e. The maximum Gasteiger partial charge on any atom is 0.269 e. The molecule has 0 aromatic heterocycles. The summed E-state index contributed by atoms with van der Waals surface area (Å²) in [5.41, 5.74) is 9.98. The van der Waals surface area contributed by atoms with Crippen molar-refractivity contribution in [3.63, 3.8) is 0 Å². The third-order valence-corrected chi connectivity index (χ3v) is 2.98. The van der Waals surface area contributed by atoms with Crippen molar-refractivity contribution >= 4 is 11.6 Å². The maximum atomic E-state index is 10.5. The number of nitro groups is 1. The molecule has 0 aliphatic rings. The number of nitrogens with zero attached hydrogens (tertiary/aromatic N) is 1. The lowest BCUT2D eigenvalue weighted by Crippen LogP contribution is -2.50. The van der Waals surface area contributed by atoms with Crippen molar-refractivity contribution < 1.29 is 25.0 Å². The van der Waals surface area contributed by atoms with Crippen molar-refractivity contribution in [1.82, 2.24) is 0 Å². The molecule has 0 spiro atoms. The van der Waals surface area contributed by atoms with Gasteiger partial charge >= 0.3 is 0 Å². The van der Waals surface area contributed by atoms with Gasteiger partial charge < -0.3 is 26.8 Å². The molecule has 1 amide bonds. The fraction of sp³-hybridized carbons (Fsp3) is 0.500. The van der Waals surface area contributed by atoms with Crippen molar-refractivity contribution in [2.24, 2.45) is 11.5 Å². The molecule has 0 saturated heterocycles. The van der Waals surface area contributed by atoms with E-state index in [0.29, 0.717) is 19.3 Å². The van der Waals surface area contributed by atoms with E-state index in [1.807, 2.05) is 0 Å². The predicted octanol–water partition coefficient (Wildman–Crippen LogP) is -0.936. The molecule has 0 radical (unpaired) electrons. The lowest BCUT2D eigenvalue weighted by Gasteiger charge is -2.20. The molecular formula is C14H23N3O6. The standard InChI is InChI=1S/C10H12N2O3.C4H11NO3/c11-10(13)3-1-2-8-4-6-9(7-5-8)12(14)15;5-4(1-6,2-7)3-8/h4-7H,1-3H2,(H2,11,13);6-8H,1-3,5H2. The molecule has 7 N–H and O–H groups in total. The van der Waals surface area contributed by atoms with Crippen LogP contribution in [-0.4, -0.2) is 51.5 Å². The minimum atomic E-state index is -1.21. The third kappa shape index (κ3) is 8.83. The van der Waals surface area contributed by atoms with Crippen LogP contribution in [-0.2, 0) is 11.2 Å². The first kappa shape index (κ1) is 20.9. The van der Waals surface area contributed by atoms with Crippen LogP contribution in [0, 0.1) is 10.1 Å². The lowest BCUT2D eigenvalue weighted by atomic mass is 10.1. The largest absolute Gasteiger partial charge is 0.394 e. The van der Waals surface area contributed by atoms with Gasteiger partial charge in [0.25, 0.3) is 5.69 Å². The van der Waals surface area contributed by atoms with Gasteiger partial charge in [-0.05, 0) is 18.4 Å². The summed E-state index contributed by atoms with van der Waals surface area (Å²) in [6, 6.07) is 6.30. The second-order valence-corrected chi connectivity index (χ2v) is 5.08. The maximum absolute atomic E-state index is 10.5. The molecule has 0 saturated carbocycles. The summed E-state index contributed by atoms with van der Waals surface area (Å²) in [6.45, 7) is -1.21. The number of rotatable bonds is 8. The van der Waals surface area contributed by atoms with E-state index < -0.39 is 30.3 Å². The molecule has 1 aromatic carbocycles. The normalized spacial score (nSPS) is 10.6. The Morgan fingerprint density at radius 3 is 1.91 bits per heavy atom. The van der Waals surface area contributed by atoms with Gasteiger partial charge in [0.05, 0.1) is 30.3 Å². The van der Waals surface area contributed by atoms with Gasteiger partial charge in [0, 0.05) is 18.6 Å². The second-order valence-electron chi connectivity index (χ2n) is 5.08. The van der Waals surface area contributed by atoms with Crippen LogP contribution in [0.5, 0.6) is 0 Å². The van der Waals surface area contributed by atoms with Gasteiger partial charge in [-0.2, -0.15) is 0 Å². The summed E-state index contributed by atoms with van der Waals surface area (Å²) in [7, 11) is 0. The molecule has 0 bridgehead atoms. The van der Waals surface area contributed by atoms with Gasteiger partial charge in [0.15, 0.2) is 0 Å². The Bertz CT molecular complexity index is 480. The summed E-state index contributed by atoms with van der Waals surface area (Å²) in [6.07, 6.45) is 1.73. The van der Waals surface area contributed by atoms with E-state index in [2.05, 4.69) is 0 Å². The van der Waals surface area contributed by atoms with Gasteiger partial charge in [-0.3, -0.25) is 14.9 Å². The molecular weight excluding hydrogens is 306 g/mol. The fourth-order valence-corrected chi connectivity index (χ4v) is 1.40. The number of amides is 1. The van der Waals surface area contributed by atoms with Crippen molar-refractivity contribution in [3.8, 4) is 0 Å². The highest BCUT2D eigenvalue weighted by Gasteiger charge is 2.20. The number of hydrogen-bond donors (Lipinski definition) is 5. The minimum Gasteiger partial charge on any atom is -0.394 e. The van der Waals surface area contributed by atoms with Crippen LogP contribution in [0.1, 0.15) is 18.4 Å². The Morgan fingerprint density at radius 2 is 1.61 bits per heavy atom. The van der Waals surface area contributed by atoms with Crippen molar-refractivity contribution in [2.75, 3.05) is 19.8 Å². The average molecular weight is 329 g/mol. The minimum absolute atomic E-state index is 0.0775. The highest BCUT2D eigenvalue weighted by atomic mass is 16.6. The van der Waals surface area contributed by atoms with Gasteiger partial charge in [-0.25, -0.2) is 0 Å². The van der Waals surface area contributed by atoms with Gasteiger partial charge in [0.1, 0.15) is 0 Å². The van der Waals surface area contributed by atoms with Crippen molar-refractivity contribution in [1.29, 1.82) is 0 Å². The van der Waals surface area contributed by atoms with Crippen LogP contribution < -0.4 is 11.5 Å². The van der Waals surface area contributed by atoms with Crippen LogP contribution >= 0.6 is 0 Å². The average Bonchev–Trinajstić information content (AvgIpc) is 2.55. The van der Waals surface area contributed by atoms with E-state index >= 15 is 0 Å². The summed E-state index contributed by atoms with van der Waals surface area (Å²) in [5.74, 6) is -0.322. The SMILES string of the molecule is NC(=O)CCCc1ccc([N+](=O)[O-])cc1.NC(CO)(CO)CO.